The van der Waals surface area contributed by atoms with Gasteiger partial charge in [-0.05, 0) is 36.8 Å². The van der Waals surface area contributed by atoms with Gasteiger partial charge in [0.2, 0.25) is 15.9 Å². The number of fused-ring (bicyclic) bond motifs is 1. The third-order valence-corrected chi connectivity index (χ3v) is 7.82. The number of amides is 1. The molecule has 1 aliphatic rings. The van der Waals surface area contributed by atoms with Gasteiger partial charge in [-0.1, -0.05) is 41.2 Å². The predicted octanol–water partition coefficient (Wildman–Crippen LogP) is 2.44. The lowest BCUT2D eigenvalue weighted by molar-refractivity contribution is -0.127. The first-order valence-electron chi connectivity index (χ1n) is 9.50. The van der Waals surface area contributed by atoms with Crippen molar-refractivity contribution in [2.24, 2.45) is 0 Å². The fraction of sp³-hybridized carbons (Fsp3) is 0.238. The highest BCUT2D eigenvalue weighted by atomic mass is 32.2. The number of carbonyl (C=O) groups is 1. The van der Waals surface area contributed by atoms with E-state index in [-0.39, 0.29) is 28.8 Å². The van der Waals surface area contributed by atoms with Gasteiger partial charge in [-0.15, -0.1) is 0 Å². The molecule has 0 saturated carbocycles. The van der Waals surface area contributed by atoms with Crippen molar-refractivity contribution in [3.63, 3.8) is 0 Å². The quantitative estimate of drug-likeness (QED) is 0.627. The van der Waals surface area contributed by atoms with E-state index < -0.39 is 10.0 Å². The van der Waals surface area contributed by atoms with Gasteiger partial charge >= 0.3 is 4.87 Å². The lowest BCUT2D eigenvalue weighted by Crippen LogP contribution is -2.50. The molecule has 4 rings (SSSR count). The lowest BCUT2D eigenvalue weighted by Gasteiger charge is -2.33. The average molecular weight is 444 g/mol. The zero-order chi connectivity index (χ0) is 21.3. The van der Waals surface area contributed by atoms with Crippen molar-refractivity contribution < 1.29 is 13.2 Å². The van der Waals surface area contributed by atoms with Crippen LogP contribution in [-0.2, 0) is 14.8 Å². The maximum atomic E-state index is 13.0. The summed E-state index contributed by atoms with van der Waals surface area (Å²) in [7, 11) is -3.68. The van der Waals surface area contributed by atoms with Crippen LogP contribution >= 0.6 is 11.3 Å². The minimum atomic E-state index is -3.68. The fourth-order valence-corrected chi connectivity index (χ4v) is 5.63. The summed E-state index contributed by atoms with van der Waals surface area (Å²) in [4.78, 5) is 28.2. The Morgan fingerprint density at radius 1 is 1.07 bits per heavy atom. The molecular weight excluding hydrogens is 422 g/mol. The molecule has 1 aromatic heterocycles. The van der Waals surface area contributed by atoms with Crippen molar-refractivity contribution in [2.75, 3.05) is 26.2 Å². The van der Waals surface area contributed by atoms with Gasteiger partial charge < -0.3 is 9.88 Å². The highest BCUT2D eigenvalue weighted by Crippen LogP contribution is 2.23. The van der Waals surface area contributed by atoms with Gasteiger partial charge in [0.15, 0.2) is 0 Å². The number of benzene rings is 2. The highest BCUT2D eigenvalue weighted by Gasteiger charge is 2.29. The SMILES string of the molecule is Cc1ccc(C=CC(=O)N2CCN(S(=O)(=O)c3ccc4[nH]c(=O)sc4c3)CC2)cc1. The number of thiazole rings is 1. The second-order valence-electron chi connectivity index (χ2n) is 7.15. The Morgan fingerprint density at radius 2 is 1.77 bits per heavy atom. The van der Waals surface area contributed by atoms with Crippen molar-refractivity contribution in [3.8, 4) is 0 Å². The summed E-state index contributed by atoms with van der Waals surface area (Å²) in [6, 6.07) is 12.5. The summed E-state index contributed by atoms with van der Waals surface area (Å²) in [5.74, 6) is -0.133. The Bertz CT molecular complexity index is 1270. The zero-order valence-electron chi connectivity index (χ0n) is 16.4. The number of nitrogens with one attached hydrogen (secondary N) is 1. The molecular formula is C21H21N3O4S2. The predicted molar refractivity (Wildman–Crippen MR) is 118 cm³/mol. The van der Waals surface area contributed by atoms with E-state index in [1.54, 1.807) is 17.0 Å². The molecule has 0 aliphatic carbocycles. The van der Waals surface area contributed by atoms with E-state index in [2.05, 4.69) is 4.98 Å². The van der Waals surface area contributed by atoms with Crippen LogP contribution in [0.4, 0.5) is 0 Å². The molecule has 3 aromatic rings. The van der Waals surface area contributed by atoms with Crippen LogP contribution in [0.5, 0.6) is 0 Å². The van der Waals surface area contributed by atoms with Crippen molar-refractivity contribution in [1.29, 1.82) is 0 Å². The molecule has 156 valence electrons. The third kappa shape index (κ3) is 4.23. The topological polar surface area (TPSA) is 90.6 Å². The number of sulfonamides is 1. The van der Waals surface area contributed by atoms with Crippen LogP contribution in [0.25, 0.3) is 16.3 Å². The van der Waals surface area contributed by atoms with E-state index in [4.69, 9.17) is 0 Å². The number of nitrogens with zero attached hydrogens (tertiary/aromatic N) is 2. The fourth-order valence-electron chi connectivity index (χ4n) is 3.33. The van der Waals surface area contributed by atoms with E-state index in [1.807, 2.05) is 31.2 Å². The number of aromatic amines is 1. The molecule has 1 amide bonds. The summed E-state index contributed by atoms with van der Waals surface area (Å²) in [5, 5.41) is 0. The minimum absolute atomic E-state index is 0.133. The molecule has 7 nitrogen and oxygen atoms in total. The van der Waals surface area contributed by atoms with Crippen LogP contribution in [0.15, 0.2) is 58.2 Å². The first-order chi connectivity index (χ1) is 14.3. The van der Waals surface area contributed by atoms with Gasteiger partial charge in [-0.25, -0.2) is 8.42 Å². The van der Waals surface area contributed by atoms with Gasteiger partial charge in [-0.2, -0.15) is 4.31 Å². The normalized spacial score (nSPS) is 15.8. The molecule has 0 atom stereocenters. The molecule has 1 saturated heterocycles. The lowest BCUT2D eigenvalue weighted by atomic mass is 10.1. The van der Waals surface area contributed by atoms with Gasteiger partial charge in [-0.3, -0.25) is 9.59 Å². The molecule has 0 bridgehead atoms. The molecule has 2 aromatic carbocycles. The van der Waals surface area contributed by atoms with Gasteiger partial charge in [0.1, 0.15) is 0 Å². The number of rotatable bonds is 4. The molecule has 9 heteroatoms. The summed E-state index contributed by atoms with van der Waals surface area (Å²) in [5.41, 5.74) is 2.72. The minimum Gasteiger partial charge on any atom is -0.337 e. The smallest absolute Gasteiger partial charge is 0.305 e. The number of aryl methyl sites for hydroxylation is 1. The number of hydrogen-bond acceptors (Lipinski definition) is 5. The van der Waals surface area contributed by atoms with Crippen molar-refractivity contribution in [3.05, 3.63) is 69.3 Å². The van der Waals surface area contributed by atoms with Crippen molar-refractivity contribution in [1.82, 2.24) is 14.2 Å². The Kier molecular flexibility index (Phi) is 5.59. The second-order valence-corrected chi connectivity index (χ2v) is 10.1. The third-order valence-electron chi connectivity index (χ3n) is 5.08. The Balaban J connectivity index is 1.42. The molecule has 0 spiro atoms. The molecule has 1 aliphatic heterocycles. The monoisotopic (exact) mass is 443 g/mol. The Hall–Kier alpha value is -2.75. The summed E-state index contributed by atoms with van der Waals surface area (Å²) in [6.45, 7) is 3.12. The summed E-state index contributed by atoms with van der Waals surface area (Å²) >= 11 is 0.983. The standard InChI is InChI=1S/C21H21N3O4S2/c1-15-2-4-16(5-3-15)6-9-20(25)23-10-12-24(13-11-23)30(27,28)17-7-8-18-19(14-17)29-21(26)22-18/h2-9,14H,10-13H2,1H3,(H,22,26). The second kappa shape index (κ2) is 8.17. The number of piperazine rings is 1. The van der Waals surface area contributed by atoms with Gasteiger partial charge in [0, 0.05) is 32.3 Å². The van der Waals surface area contributed by atoms with Crippen molar-refractivity contribution >= 4 is 43.6 Å². The Morgan fingerprint density at radius 3 is 2.47 bits per heavy atom. The van der Waals surface area contributed by atoms with Crippen LogP contribution in [-0.4, -0.2) is 54.7 Å². The van der Waals surface area contributed by atoms with Crippen LogP contribution in [0, 0.1) is 6.92 Å². The number of H-pyrrole nitrogens is 1. The average Bonchev–Trinajstić information content (AvgIpc) is 3.12. The zero-order valence-corrected chi connectivity index (χ0v) is 18.0. The highest BCUT2D eigenvalue weighted by molar-refractivity contribution is 7.89. The van der Waals surface area contributed by atoms with Gasteiger partial charge in [0.25, 0.3) is 0 Å². The van der Waals surface area contributed by atoms with Crippen LogP contribution in [0.2, 0.25) is 0 Å². The first-order valence-corrected chi connectivity index (χ1v) is 11.8. The molecule has 2 heterocycles. The van der Waals surface area contributed by atoms with E-state index in [0.29, 0.717) is 23.3 Å². The maximum absolute atomic E-state index is 13.0. The molecule has 0 unspecified atom stereocenters. The molecule has 30 heavy (non-hydrogen) atoms. The molecule has 1 N–H and O–H groups in total. The van der Waals surface area contributed by atoms with E-state index in [1.165, 1.54) is 22.5 Å². The Labute approximate surface area is 178 Å². The van der Waals surface area contributed by atoms with Crippen LogP contribution in [0.1, 0.15) is 11.1 Å². The summed E-state index contributed by atoms with van der Waals surface area (Å²) < 4.78 is 27.9. The van der Waals surface area contributed by atoms with E-state index >= 15 is 0 Å². The van der Waals surface area contributed by atoms with E-state index in [0.717, 1.165) is 22.5 Å². The first kappa shape index (κ1) is 20.5. The summed E-state index contributed by atoms with van der Waals surface area (Å²) in [6.07, 6.45) is 3.29. The molecule has 0 radical (unpaired) electrons. The number of hydrogen-bond donors (Lipinski definition) is 1. The van der Waals surface area contributed by atoms with Crippen LogP contribution in [0.3, 0.4) is 0 Å². The number of aromatic nitrogens is 1. The van der Waals surface area contributed by atoms with Crippen LogP contribution < -0.4 is 4.87 Å². The molecule has 1 fully saturated rings. The van der Waals surface area contributed by atoms with E-state index in [9.17, 15) is 18.0 Å². The van der Waals surface area contributed by atoms with Crippen molar-refractivity contribution in [2.45, 2.75) is 11.8 Å². The largest absolute Gasteiger partial charge is 0.337 e. The number of carbonyl (C=O) groups excluding carboxylic acids is 1. The maximum Gasteiger partial charge on any atom is 0.305 e. The van der Waals surface area contributed by atoms with Gasteiger partial charge in [0.05, 0.1) is 15.1 Å².